The molecule has 2 heterocycles. The maximum absolute atomic E-state index is 14.0. The fourth-order valence-electron chi connectivity index (χ4n) is 6.31. The van der Waals surface area contributed by atoms with Crippen LogP contribution < -0.4 is 4.90 Å². The lowest BCUT2D eigenvalue weighted by Crippen LogP contribution is -2.54. The highest BCUT2D eigenvalue weighted by atomic mass is 16.2. The van der Waals surface area contributed by atoms with Crippen molar-refractivity contribution in [2.75, 3.05) is 18.0 Å². The largest absolute Gasteiger partial charge is 0.308 e. The van der Waals surface area contributed by atoms with Gasteiger partial charge >= 0.3 is 0 Å². The van der Waals surface area contributed by atoms with Crippen LogP contribution in [0.5, 0.6) is 0 Å². The molecule has 0 atom stereocenters. The smallest absolute Gasteiger partial charge is 0.240 e. The number of rotatable bonds is 4. The maximum atomic E-state index is 14.0. The summed E-state index contributed by atoms with van der Waals surface area (Å²) in [6.07, 6.45) is 13.1. The fraction of sp³-hybridized carbons (Fsp3) is 0.704. The van der Waals surface area contributed by atoms with E-state index in [1.807, 2.05) is 32.0 Å². The van der Waals surface area contributed by atoms with E-state index in [2.05, 4.69) is 15.9 Å². The minimum Gasteiger partial charge on any atom is -0.308 e. The highest BCUT2D eigenvalue weighted by Gasteiger charge is 2.49. The molecule has 3 aliphatic rings. The number of anilines is 1. The topological polar surface area (TPSA) is 40.6 Å². The highest BCUT2D eigenvalue weighted by Crippen LogP contribution is 2.41. The van der Waals surface area contributed by atoms with Gasteiger partial charge in [-0.2, -0.15) is 0 Å². The summed E-state index contributed by atoms with van der Waals surface area (Å²) in [4.78, 5) is 32.0. The molecule has 1 aromatic carbocycles. The number of ketones is 1. The zero-order valence-electron chi connectivity index (χ0n) is 19.6. The summed E-state index contributed by atoms with van der Waals surface area (Å²) in [5.41, 5.74) is 1.14. The lowest BCUT2D eigenvalue weighted by atomic mass is 9.75. The molecule has 1 aliphatic carbocycles. The van der Waals surface area contributed by atoms with Gasteiger partial charge in [0.1, 0.15) is 5.41 Å². The molecule has 1 aromatic rings. The van der Waals surface area contributed by atoms with Gasteiger partial charge in [0.05, 0.1) is 0 Å². The Morgan fingerprint density at radius 2 is 1.45 bits per heavy atom. The number of nitrogens with zero attached hydrogens (tertiary/aromatic N) is 2. The molecule has 1 saturated carbocycles. The zero-order chi connectivity index (χ0) is 21.8. The Balaban J connectivity index is 1.56. The lowest BCUT2D eigenvalue weighted by Gasteiger charge is -2.44. The summed E-state index contributed by atoms with van der Waals surface area (Å²) in [5.74, 6) is 0.154. The van der Waals surface area contributed by atoms with Gasteiger partial charge in [0.25, 0.3) is 0 Å². The first-order valence-corrected chi connectivity index (χ1v) is 12.8. The Hall–Kier alpha value is -1.68. The number of fused-ring (bicyclic) bond motifs is 1. The first kappa shape index (κ1) is 22.5. The Bertz CT molecular complexity index is 769. The van der Waals surface area contributed by atoms with E-state index < -0.39 is 5.41 Å². The Morgan fingerprint density at radius 1 is 0.839 bits per heavy atom. The van der Waals surface area contributed by atoms with Crippen LogP contribution in [0.3, 0.4) is 0 Å². The summed E-state index contributed by atoms with van der Waals surface area (Å²) < 4.78 is 0. The van der Waals surface area contributed by atoms with Crippen LogP contribution in [0.4, 0.5) is 5.69 Å². The summed E-state index contributed by atoms with van der Waals surface area (Å²) in [6.45, 7) is 6.15. The van der Waals surface area contributed by atoms with Gasteiger partial charge in [0.2, 0.25) is 5.91 Å². The van der Waals surface area contributed by atoms with E-state index in [0.29, 0.717) is 19.3 Å². The van der Waals surface area contributed by atoms with Crippen LogP contribution in [-0.4, -0.2) is 41.8 Å². The van der Waals surface area contributed by atoms with Crippen molar-refractivity contribution in [3.63, 3.8) is 0 Å². The standard InChI is InChI=1S/C27H40N2O2/c1-3-27(4-2)25(30)20-21-12-10-11-15-24(21)29(26(27)31)23-16-18-28(19-17-23)22-13-8-6-5-7-9-14-22/h10-12,15,22-23H,3-9,13-14,16-20H2,1-2H3. The molecule has 170 valence electrons. The second-order valence-electron chi connectivity index (χ2n) is 9.96. The first-order valence-electron chi connectivity index (χ1n) is 12.8. The number of Topliss-reactive ketones (excluding diaryl/α,β-unsaturated/α-hetero) is 1. The second-order valence-corrected chi connectivity index (χ2v) is 9.96. The molecule has 1 saturated heterocycles. The molecule has 0 bridgehead atoms. The van der Waals surface area contributed by atoms with Gasteiger partial charge in [-0.3, -0.25) is 9.59 Å². The highest BCUT2D eigenvalue weighted by molar-refractivity contribution is 6.15. The molecule has 1 amide bonds. The molecule has 4 rings (SSSR count). The number of para-hydroxylation sites is 1. The number of benzene rings is 1. The zero-order valence-corrected chi connectivity index (χ0v) is 19.6. The molecule has 2 aliphatic heterocycles. The summed E-state index contributed by atoms with van der Waals surface area (Å²) in [6, 6.07) is 9.03. The monoisotopic (exact) mass is 424 g/mol. The molecule has 0 aromatic heterocycles. The number of carbonyl (C=O) groups excluding carboxylic acids is 2. The number of hydrogen-bond acceptors (Lipinski definition) is 3. The third-order valence-electron chi connectivity index (χ3n) is 8.43. The molecule has 0 unspecified atom stereocenters. The van der Waals surface area contributed by atoms with Crippen LogP contribution in [0, 0.1) is 5.41 Å². The van der Waals surface area contributed by atoms with Crippen LogP contribution in [0.2, 0.25) is 0 Å². The Morgan fingerprint density at radius 3 is 2.10 bits per heavy atom. The third-order valence-corrected chi connectivity index (χ3v) is 8.43. The molecular formula is C27H40N2O2. The van der Waals surface area contributed by atoms with Crippen molar-refractivity contribution in [3.05, 3.63) is 29.8 Å². The van der Waals surface area contributed by atoms with Gasteiger partial charge < -0.3 is 9.80 Å². The van der Waals surface area contributed by atoms with Crippen LogP contribution in [0.15, 0.2) is 24.3 Å². The number of piperidine rings is 1. The van der Waals surface area contributed by atoms with Gasteiger partial charge in [-0.15, -0.1) is 0 Å². The Kier molecular flexibility index (Phi) is 7.15. The lowest BCUT2D eigenvalue weighted by molar-refractivity contribution is -0.140. The molecule has 2 fully saturated rings. The van der Waals surface area contributed by atoms with Crippen LogP contribution in [0.1, 0.15) is 90.0 Å². The van der Waals surface area contributed by atoms with E-state index in [4.69, 9.17) is 0 Å². The molecule has 0 radical (unpaired) electrons. The normalized spacial score (nSPS) is 24.4. The average molecular weight is 425 g/mol. The van der Waals surface area contributed by atoms with Crippen molar-refractivity contribution in [3.8, 4) is 0 Å². The number of likely N-dealkylation sites (tertiary alicyclic amines) is 1. The fourth-order valence-corrected chi connectivity index (χ4v) is 6.31. The van der Waals surface area contributed by atoms with E-state index in [9.17, 15) is 9.59 Å². The first-order chi connectivity index (χ1) is 15.1. The van der Waals surface area contributed by atoms with Crippen LogP contribution in [0.25, 0.3) is 0 Å². The summed E-state index contributed by atoms with van der Waals surface area (Å²) in [7, 11) is 0. The minimum atomic E-state index is -0.865. The van der Waals surface area contributed by atoms with Gasteiger partial charge in [0, 0.05) is 37.3 Å². The molecule has 4 nitrogen and oxygen atoms in total. The Labute approximate surface area is 188 Å². The van der Waals surface area contributed by atoms with Crippen molar-refractivity contribution in [1.82, 2.24) is 4.90 Å². The van der Waals surface area contributed by atoms with Crippen molar-refractivity contribution < 1.29 is 9.59 Å². The SMILES string of the molecule is CCC1(CC)C(=O)Cc2ccccc2N(C2CCN(C3CCCCCCC3)CC2)C1=O. The molecular weight excluding hydrogens is 384 g/mol. The predicted molar refractivity (Wildman–Crippen MR) is 126 cm³/mol. The average Bonchev–Trinajstić information content (AvgIpc) is 2.85. The minimum absolute atomic E-state index is 0.0526. The van der Waals surface area contributed by atoms with Crippen molar-refractivity contribution in [1.29, 1.82) is 0 Å². The van der Waals surface area contributed by atoms with Crippen LogP contribution in [-0.2, 0) is 16.0 Å². The van der Waals surface area contributed by atoms with Gasteiger partial charge in [-0.1, -0.05) is 64.2 Å². The van der Waals surface area contributed by atoms with Crippen LogP contribution >= 0.6 is 0 Å². The number of amides is 1. The van der Waals surface area contributed by atoms with E-state index in [1.165, 1.54) is 44.9 Å². The van der Waals surface area contributed by atoms with E-state index in [-0.39, 0.29) is 17.7 Å². The number of carbonyl (C=O) groups is 2. The van der Waals surface area contributed by atoms with Crippen molar-refractivity contribution in [2.24, 2.45) is 5.41 Å². The maximum Gasteiger partial charge on any atom is 0.240 e. The predicted octanol–water partition coefficient (Wildman–Crippen LogP) is 5.53. The molecule has 0 spiro atoms. The molecule has 4 heteroatoms. The summed E-state index contributed by atoms with van der Waals surface area (Å²) >= 11 is 0. The second kappa shape index (κ2) is 9.85. The van der Waals surface area contributed by atoms with Gasteiger partial charge in [-0.05, 0) is 50.2 Å². The quantitative estimate of drug-likeness (QED) is 0.597. The van der Waals surface area contributed by atoms with Crippen molar-refractivity contribution in [2.45, 2.75) is 103 Å². The molecule has 0 N–H and O–H groups in total. The van der Waals surface area contributed by atoms with E-state index >= 15 is 0 Å². The van der Waals surface area contributed by atoms with Gasteiger partial charge in [0.15, 0.2) is 5.78 Å². The number of hydrogen-bond donors (Lipinski definition) is 0. The summed E-state index contributed by atoms with van der Waals surface area (Å²) in [5, 5.41) is 0. The third kappa shape index (κ3) is 4.33. The van der Waals surface area contributed by atoms with Crippen molar-refractivity contribution >= 4 is 17.4 Å². The molecule has 31 heavy (non-hydrogen) atoms. The van der Waals surface area contributed by atoms with E-state index in [0.717, 1.165) is 43.2 Å². The van der Waals surface area contributed by atoms with E-state index in [1.54, 1.807) is 0 Å². The van der Waals surface area contributed by atoms with Gasteiger partial charge in [-0.25, -0.2) is 0 Å².